The lowest BCUT2D eigenvalue weighted by Crippen LogP contribution is -2.33. The van der Waals surface area contributed by atoms with E-state index in [2.05, 4.69) is 26.8 Å². The van der Waals surface area contributed by atoms with Crippen LogP contribution in [0.25, 0.3) is 21.3 Å². The van der Waals surface area contributed by atoms with Crippen LogP contribution in [0.5, 0.6) is 5.75 Å². The highest BCUT2D eigenvalue weighted by atomic mass is 32.1. The molecule has 8 rings (SSSR count). The third kappa shape index (κ3) is 8.48. The Morgan fingerprint density at radius 1 is 0.893 bits per heavy atom. The highest BCUT2D eigenvalue weighted by Gasteiger charge is 2.29. The molecule has 1 fully saturated rings. The summed E-state index contributed by atoms with van der Waals surface area (Å²) in [5.41, 5.74) is 7.15. The monoisotopic (exact) mass is 770 g/mol. The molecule has 0 saturated heterocycles. The Bertz CT molecular complexity index is 2260. The van der Waals surface area contributed by atoms with Gasteiger partial charge in [0.15, 0.2) is 10.8 Å². The number of thiazole rings is 1. The Balaban J connectivity index is 0.00000237. The fourth-order valence-corrected chi connectivity index (χ4v) is 8.58. The van der Waals surface area contributed by atoms with E-state index in [1.165, 1.54) is 43.4 Å². The molecule has 290 valence electrons. The lowest BCUT2D eigenvalue weighted by Gasteiger charge is -2.32. The van der Waals surface area contributed by atoms with Crippen LogP contribution in [0.3, 0.4) is 0 Å². The fraction of sp³-hybridized carbons (Fsp3) is 0.356. The summed E-state index contributed by atoms with van der Waals surface area (Å²) in [5, 5.41) is 8.35. The van der Waals surface area contributed by atoms with Gasteiger partial charge in [0.05, 0.1) is 23.0 Å². The van der Waals surface area contributed by atoms with Crippen LogP contribution in [-0.4, -0.2) is 44.8 Å². The molecule has 1 amide bonds. The Kier molecular flexibility index (Phi) is 12.4. The number of nitrogens with one attached hydrogen (secondary N) is 1. The smallest absolute Gasteiger partial charge is 0.357 e. The molecule has 4 heterocycles. The van der Waals surface area contributed by atoms with Crippen molar-refractivity contribution >= 4 is 44.4 Å². The van der Waals surface area contributed by atoms with Crippen molar-refractivity contribution < 1.29 is 19.1 Å². The molecule has 3 aromatic heterocycles. The minimum absolute atomic E-state index is 0.236. The Morgan fingerprint density at radius 2 is 1.68 bits per heavy atom. The first kappa shape index (κ1) is 38.7. The number of carbonyl (C=O) groups is 2. The van der Waals surface area contributed by atoms with E-state index >= 15 is 0 Å². The molecule has 1 N–H and O–H groups in total. The van der Waals surface area contributed by atoms with Crippen LogP contribution in [0.15, 0.2) is 85.1 Å². The second-order valence-corrected chi connectivity index (χ2v) is 15.1. The number of para-hydroxylation sites is 1. The fourth-order valence-electron chi connectivity index (χ4n) is 7.72. The molecule has 11 heteroatoms. The summed E-state index contributed by atoms with van der Waals surface area (Å²) in [4.78, 5) is 39.2. The summed E-state index contributed by atoms with van der Waals surface area (Å²) in [6.45, 7) is 10.4. The number of hydrogen-bond donors (Lipinski definition) is 1. The number of fused-ring (bicyclic) bond motifs is 2. The summed E-state index contributed by atoms with van der Waals surface area (Å²) in [7, 11) is 0. The highest BCUT2D eigenvalue weighted by molar-refractivity contribution is 7.22. The van der Waals surface area contributed by atoms with Crippen LogP contribution in [0.2, 0.25) is 0 Å². The zero-order chi connectivity index (χ0) is 39.0. The average molecular weight is 771 g/mol. The minimum atomic E-state index is -0.473. The van der Waals surface area contributed by atoms with Crippen LogP contribution in [0.4, 0.5) is 10.9 Å². The molecular weight excluding hydrogens is 721 g/mol. The van der Waals surface area contributed by atoms with Crippen molar-refractivity contribution in [3.63, 3.8) is 0 Å². The second-order valence-electron chi connectivity index (χ2n) is 14.1. The van der Waals surface area contributed by atoms with Gasteiger partial charge in [-0.25, -0.2) is 14.8 Å². The average Bonchev–Trinajstić information content (AvgIpc) is 3.82. The number of aromatic nitrogens is 4. The number of nitrogens with zero attached hydrogens (tertiary/aromatic N) is 5. The first-order valence-electron chi connectivity index (χ1n) is 19.9. The largest absolute Gasteiger partial charge is 0.489 e. The van der Waals surface area contributed by atoms with Crippen LogP contribution in [0, 0.1) is 12.8 Å². The van der Waals surface area contributed by atoms with Gasteiger partial charge in [0, 0.05) is 47.6 Å². The number of ether oxygens (including phenoxy) is 2. The molecule has 0 atom stereocenters. The summed E-state index contributed by atoms with van der Waals surface area (Å²) in [5.74, 6) is 1.29. The van der Waals surface area contributed by atoms with Crippen molar-refractivity contribution in [3.8, 4) is 16.9 Å². The Morgan fingerprint density at radius 3 is 2.46 bits per heavy atom. The molecule has 56 heavy (non-hydrogen) atoms. The Hall–Kier alpha value is -5.55. The number of esters is 1. The van der Waals surface area contributed by atoms with Gasteiger partial charge in [-0.05, 0) is 86.6 Å². The third-order valence-electron chi connectivity index (χ3n) is 10.6. The molecule has 10 nitrogen and oxygen atoms in total. The molecule has 3 aromatic carbocycles. The van der Waals surface area contributed by atoms with Gasteiger partial charge in [-0.15, -0.1) is 0 Å². The quantitative estimate of drug-likeness (QED) is 0.130. The summed E-state index contributed by atoms with van der Waals surface area (Å²) >= 11 is 1.44. The predicted molar refractivity (Wildman–Crippen MR) is 224 cm³/mol. The number of benzene rings is 3. The van der Waals surface area contributed by atoms with Crippen LogP contribution in [-0.2, 0) is 30.9 Å². The zero-order valence-electron chi connectivity index (χ0n) is 32.7. The van der Waals surface area contributed by atoms with Crippen molar-refractivity contribution in [1.29, 1.82) is 0 Å². The molecule has 6 aromatic rings. The zero-order valence-corrected chi connectivity index (χ0v) is 33.5. The van der Waals surface area contributed by atoms with E-state index in [4.69, 9.17) is 19.6 Å². The molecule has 1 saturated carbocycles. The lowest BCUT2D eigenvalue weighted by molar-refractivity contribution is 0.0520. The number of anilines is 2. The van der Waals surface area contributed by atoms with E-state index in [9.17, 15) is 9.59 Å². The first-order chi connectivity index (χ1) is 27.4. The van der Waals surface area contributed by atoms with Gasteiger partial charge in [-0.3, -0.25) is 14.8 Å². The van der Waals surface area contributed by atoms with E-state index in [-0.39, 0.29) is 18.2 Å². The number of hydrogen-bond acceptors (Lipinski definition) is 9. The molecule has 1 aliphatic heterocycles. The van der Waals surface area contributed by atoms with Gasteiger partial charge >= 0.3 is 5.97 Å². The highest BCUT2D eigenvalue weighted by Crippen LogP contribution is 2.36. The van der Waals surface area contributed by atoms with E-state index < -0.39 is 5.97 Å². The van der Waals surface area contributed by atoms with Gasteiger partial charge in [0.1, 0.15) is 18.2 Å². The summed E-state index contributed by atoms with van der Waals surface area (Å²) < 4.78 is 15.0. The number of carbonyl (C=O) groups excluding carboxylic acids is 2. The first-order valence-corrected chi connectivity index (χ1v) is 20.7. The summed E-state index contributed by atoms with van der Waals surface area (Å²) in [6.07, 6.45) is 8.77. The van der Waals surface area contributed by atoms with Crippen LogP contribution < -0.4 is 15.0 Å². The molecular formula is C45H50N6O4S. The van der Waals surface area contributed by atoms with Crippen molar-refractivity contribution in [2.75, 3.05) is 23.4 Å². The van der Waals surface area contributed by atoms with Crippen LogP contribution >= 0.6 is 11.3 Å². The maximum Gasteiger partial charge on any atom is 0.357 e. The van der Waals surface area contributed by atoms with Gasteiger partial charge in [0.2, 0.25) is 0 Å². The van der Waals surface area contributed by atoms with E-state index in [1.54, 1.807) is 6.92 Å². The van der Waals surface area contributed by atoms with Crippen molar-refractivity contribution in [2.45, 2.75) is 85.9 Å². The molecule has 1 aliphatic carbocycles. The van der Waals surface area contributed by atoms with Gasteiger partial charge in [-0.2, -0.15) is 5.10 Å². The van der Waals surface area contributed by atoms with Gasteiger partial charge in [0.25, 0.3) is 5.91 Å². The maximum absolute atomic E-state index is 14.0. The van der Waals surface area contributed by atoms with Crippen LogP contribution in [0.1, 0.15) is 96.1 Å². The topological polar surface area (TPSA) is 111 Å². The maximum atomic E-state index is 14.0. The number of rotatable bonds is 11. The molecule has 0 radical (unpaired) electrons. The molecule has 0 unspecified atom stereocenters. The SMILES string of the molecule is CC.CCOC(=O)c1nc(N2CCc3c(OCc4ccccc4)ccc(C(=O)Nc4nc5ccccc5s4)c3C2)ccc1-c1cnn(CC2CCCCC2)c1C. The standard InChI is InChI=1S/C43H44N6O4S.C2H6/c1-3-52-42(51)40-32(34-24-44-49(28(34)2)25-29-12-6-4-7-13-29)19-21-39(46-40)48-23-22-31-35(26-48)33(18-20-37(31)53-27-30-14-8-5-9-15-30)41(50)47-43-45-36-16-10-11-17-38(36)54-43;1-2/h5,8-11,14-21,24,29H,3-4,6-7,12-13,22-23,25-27H2,1-2H3,(H,45,47,50);1-2H3. The second kappa shape index (κ2) is 17.9. The van der Waals surface area contributed by atoms with Crippen molar-refractivity contribution in [2.24, 2.45) is 5.92 Å². The molecule has 0 bridgehead atoms. The lowest BCUT2D eigenvalue weighted by atomic mass is 9.89. The Labute approximate surface area is 332 Å². The number of amides is 1. The van der Waals surface area contributed by atoms with E-state index in [0.29, 0.717) is 54.1 Å². The summed E-state index contributed by atoms with van der Waals surface area (Å²) in [6, 6.07) is 25.5. The normalized spacial score (nSPS) is 14.1. The predicted octanol–water partition coefficient (Wildman–Crippen LogP) is 10.0. The van der Waals surface area contributed by atoms with E-state index in [1.807, 2.05) is 98.9 Å². The van der Waals surface area contributed by atoms with Gasteiger partial charge in [-0.1, -0.05) is 86.9 Å². The third-order valence-corrected chi connectivity index (χ3v) is 11.5. The van der Waals surface area contributed by atoms with E-state index in [0.717, 1.165) is 50.5 Å². The minimum Gasteiger partial charge on any atom is -0.489 e. The number of pyridine rings is 1. The van der Waals surface area contributed by atoms with Crippen molar-refractivity contribution in [1.82, 2.24) is 19.7 Å². The van der Waals surface area contributed by atoms with Gasteiger partial charge < -0.3 is 14.4 Å². The molecule has 0 spiro atoms. The van der Waals surface area contributed by atoms with Crippen molar-refractivity contribution in [3.05, 3.63) is 119 Å². The molecule has 2 aliphatic rings.